The first-order valence-corrected chi connectivity index (χ1v) is 24.0. The molecule has 0 saturated carbocycles. The zero-order valence-electron chi connectivity index (χ0n) is 40.2. The maximum absolute atomic E-state index is 12.5. The van der Waals surface area contributed by atoms with Crippen molar-refractivity contribution < 1.29 is 57.4 Å². The number of fused-ring (bicyclic) bond motifs is 2. The van der Waals surface area contributed by atoms with E-state index in [1.165, 1.54) is 54.8 Å². The quantitative estimate of drug-likeness (QED) is 0.0408. The van der Waals surface area contributed by atoms with Crippen molar-refractivity contribution in [1.82, 2.24) is 4.90 Å². The number of aliphatic hydroxyl groups excluding tert-OH is 1. The largest absolute Gasteiger partial charge is 0.463 e. The highest BCUT2D eigenvalue weighted by molar-refractivity contribution is 7.80. The van der Waals surface area contributed by atoms with E-state index in [1.54, 1.807) is 0 Å². The lowest BCUT2D eigenvalue weighted by molar-refractivity contribution is -0.263. The number of anilines is 1. The summed E-state index contributed by atoms with van der Waals surface area (Å²) in [7, 11) is 2.12. The van der Waals surface area contributed by atoms with Crippen molar-refractivity contribution in [2.24, 2.45) is 0 Å². The average Bonchev–Trinajstić information content (AvgIpc) is 3.34. The highest BCUT2D eigenvalue weighted by Crippen LogP contribution is 2.47. The fourth-order valence-electron chi connectivity index (χ4n) is 9.73. The molecule has 9 atom stereocenters. The van der Waals surface area contributed by atoms with Gasteiger partial charge >= 0.3 is 23.9 Å². The van der Waals surface area contributed by atoms with Crippen molar-refractivity contribution in [3.63, 3.8) is 0 Å². The van der Waals surface area contributed by atoms with Crippen LogP contribution in [0.25, 0.3) is 21.5 Å². The molecule has 370 valence electrons. The molecule has 6 aromatic rings. The number of hydrogen-bond donors (Lipinski definition) is 2. The Morgan fingerprint density at radius 1 is 0.620 bits per heavy atom. The van der Waals surface area contributed by atoms with Crippen molar-refractivity contribution >= 4 is 68.3 Å². The summed E-state index contributed by atoms with van der Waals surface area (Å²) in [4.78, 5) is 51.7. The molecular formula is C56H58N2O12S. The SMILES string of the molecule is CC(=O)OC[C@H]1O[C@@H](CC(=S)Nc2cccc(C3O[C@H](CN(C)Cc4c5ccccc5cc5ccccc45)[C@@H](c4ccccc4)[C@H](c4ccc(CO)cc4)O3)c2)[C@H](OC(C)=O)[C@@H](OC(C)=O)[C@@H]1OC(C)=O. The van der Waals surface area contributed by atoms with Gasteiger partial charge in [-0.05, 0) is 69.0 Å². The summed E-state index contributed by atoms with van der Waals surface area (Å²) in [5.41, 5.74) is 5.30. The van der Waals surface area contributed by atoms with Crippen LogP contribution in [0.2, 0.25) is 0 Å². The van der Waals surface area contributed by atoms with E-state index in [2.05, 4.69) is 84.0 Å². The smallest absolute Gasteiger partial charge is 0.303 e. The Balaban J connectivity index is 1.09. The Labute approximate surface area is 418 Å². The molecule has 6 aromatic carbocycles. The molecular weight excluding hydrogens is 925 g/mol. The molecule has 2 fully saturated rings. The first-order valence-electron chi connectivity index (χ1n) is 23.6. The second-order valence-electron chi connectivity index (χ2n) is 18.0. The molecule has 2 aliphatic rings. The molecule has 14 nitrogen and oxygen atoms in total. The van der Waals surface area contributed by atoms with E-state index >= 15 is 0 Å². The molecule has 1 unspecified atom stereocenters. The third-order valence-corrected chi connectivity index (χ3v) is 13.0. The number of nitrogens with zero attached hydrogens (tertiary/aromatic N) is 1. The van der Waals surface area contributed by atoms with Gasteiger partial charge in [-0.15, -0.1) is 0 Å². The predicted molar refractivity (Wildman–Crippen MR) is 270 cm³/mol. The van der Waals surface area contributed by atoms with Crippen LogP contribution in [0.15, 0.2) is 133 Å². The number of rotatable bonds is 16. The molecule has 0 bridgehead atoms. The van der Waals surface area contributed by atoms with Crippen LogP contribution in [0.4, 0.5) is 5.69 Å². The van der Waals surface area contributed by atoms with Crippen molar-refractivity contribution in [3.05, 3.63) is 161 Å². The summed E-state index contributed by atoms with van der Waals surface area (Å²) in [5.74, 6) is -3.01. The highest BCUT2D eigenvalue weighted by Gasteiger charge is 2.52. The van der Waals surface area contributed by atoms with Gasteiger partial charge in [-0.2, -0.15) is 0 Å². The van der Waals surface area contributed by atoms with Crippen molar-refractivity contribution in [2.45, 2.75) is 102 Å². The van der Waals surface area contributed by atoms with E-state index in [-0.39, 0.29) is 36.6 Å². The van der Waals surface area contributed by atoms with Gasteiger partial charge < -0.3 is 43.6 Å². The van der Waals surface area contributed by atoms with E-state index in [0.29, 0.717) is 24.3 Å². The Morgan fingerprint density at radius 2 is 1.21 bits per heavy atom. The zero-order valence-corrected chi connectivity index (χ0v) is 41.0. The number of aliphatic hydroxyl groups is 1. The first kappa shape index (κ1) is 50.8. The van der Waals surface area contributed by atoms with E-state index in [1.807, 2.05) is 66.7 Å². The van der Waals surface area contributed by atoms with Gasteiger partial charge in [-0.3, -0.25) is 24.1 Å². The maximum Gasteiger partial charge on any atom is 0.303 e. The molecule has 2 N–H and O–H groups in total. The Kier molecular flexibility index (Phi) is 16.5. The molecule has 0 aliphatic carbocycles. The van der Waals surface area contributed by atoms with Gasteiger partial charge in [0.2, 0.25) is 0 Å². The summed E-state index contributed by atoms with van der Waals surface area (Å²) in [6.45, 7) is 5.50. The topological polar surface area (TPSA) is 168 Å². The standard InChI is InChI=1S/C56H58N2O12S/c1-33(60)64-32-49-54(66-35(3)62)55(67-36(4)63)53(65-34(2)61)47(68-49)28-50(71)57-43-19-13-18-42(27-43)56-69-48(51(38-14-7-6-8-15-38)52(70-56)39-24-22-37(31-59)23-25-39)30-58(5)29-46-44-20-11-9-16-40(44)26-41-17-10-12-21-45(41)46/h6-27,47-49,51-56,59H,28-32H2,1-5H3,(H,57,71)/t47-,48+,49+,51+,52-,53-,54+,55+,56?/m0/s1. The van der Waals surface area contributed by atoms with Crippen LogP contribution in [0, 0.1) is 0 Å². The molecule has 2 saturated heterocycles. The van der Waals surface area contributed by atoms with Crippen LogP contribution in [0.3, 0.4) is 0 Å². The monoisotopic (exact) mass is 982 g/mol. The number of nitrogens with one attached hydrogen (secondary N) is 1. The minimum Gasteiger partial charge on any atom is -0.463 e. The van der Waals surface area contributed by atoms with Crippen LogP contribution in [0.5, 0.6) is 0 Å². The third kappa shape index (κ3) is 12.5. The number of hydrogen-bond acceptors (Lipinski definition) is 14. The molecule has 0 amide bonds. The van der Waals surface area contributed by atoms with E-state index in [4.69, 9.17) is 45.4 Å². The van der Waals surface area contributed by atoms with E-state index in [0.717, 1.165) is 16.7 Å². The lowest BCUT2D eigenvalue weighted by Gasteiger charge is -2.44. The number of carbonyl (C=O) groups is 4. The van der Waals surface area contributed by atoms with Crippen molar-refractivity contribution in [3.8, 4) is 0 Å². The lowest BCUT2D eigenvalue weighted by atomic mass is 9.83. The number of benzene rings is 6. The summed E-state index contributed by atoms with van der Waals surface area (Å²) < 4.78 is 42.6. The van der Waals surface area contributed by atoms with Crippen LogP contribution in [-0.2, 0) is 65.5 Å². The Morgan fingerprint density at radius 3 is 1.83 bits per heavy atom. The van der Waals surface area contributed by atoms with Gasteiger partial charge in [-0.1, -0.05) is 127 Å². The highest BCUT2D eigenvalue weighted by atomic mass is 32.1. The van der Waals surface area contributed by atoms with Crippen LogP contribution in [0.1, 0.15) is 80.2 Å². The molecule has 2 aliphatic heterocycles. The minimum atomic E-state index is -1.32. The number of carbonyl (C=O) groups excluding carboxylic acids is 4. The van der Waals surface area contributed by atoms with Crippen LogP contribution < -0.4 is 5.32 Å². The summed E-state index contributed by atoms with van der Waals surface area (Å²) in [6.07, 6.45) is -7.78. The van der Waals surface area contributed by atoms with Gasteiger partial charge in [0.1, 0.15) is 18.8 Å². The fraction of sp³-hybridized carbons (Fsp3) is 0.339. The van der Waals surface area contributed by atoms with Crippen molar-refractivity contribution in [1.29, 1.82) is 0 Å². The molecule has 0 radical (unpaired) electrons. The molecule has 2 heterocycles. The number of esters is 4. The maximum atomic E-state index is 12.5. The average molecular weight is 983 g/mol. The zero-order chi connectivity index (χ0) is 50.2. The summed E-state index contributed by atoms with van der Waals surface area (Å²) in [6, 6.07) is 44.8. The molecule has 15 heteroatoms. The summed E-state index contributed by atoms with van der Waals surface area (Å²) >= 11 is 5.91. The fourth-order valence-corrected chi connectivity index (χ4v) is 10.0. The Bertz CT molecular complexity index is 2810. The first-order chi connectivity index (χ1) is 34.2. The second kappa shape index (κ2) is 23.1. The normalized spacial score (nSPS) is 23.2. The lowest BCUT2D eigenvalue weighted by Crippen LogP contribution is -2.62. The van der Waals surface area contributed by atoms with Gasteiger partial charge in [0.05, 0.1) is 23.8 Å². The minimum absolute atomic E-state index is 0.0554. The Hall–Kier alpha value is -6.59. The molecule has 71 heavy (non-hydrogen) atoms. The number of ether oxygens (including phenoxy) is 7. The van der Waals surface area contributed by atoms with Gasteiger partial charge in [0, 0.05) is 64.4 Å². The van der Waals surface area contributed by atoms with Gasteiger partial charge in [-0.25, -0.2) is 0 Å². The van der Waals surface area contributed by atoms with E-state index < -0.39 is 66.8 Å². The van der Waals surface area contributed by atoms with Crippen LogP contribution in [-0.4, -0.2) is 95.7 Å². The second-order valence-corrected chi connectivity index (χ2v) is 18.5. The van der Waals surface area contributed by atoms with Gasteiger partial charge in [0.25, 0.3) is 0 Å². The molecule has 0 spiro atoms. The van der Waals surface area contributed by atoms with E-state index in [9.17, 15) is 24.3 Å². The van der Waals surface area contributed by atoms with Crippen molar-refractivity contribution in [2.75, 3.05) is 25.5 Å². The van der Waals surface area contributed by atoms with Crippen LogP contribution >= 0.6 is 12.2 Å². The van der Waals surface area contributed by atoms with Gasteiger partial charge in [0.15, 0.2) is 24.6 Å². The number of likely N-dealkylation sites (N-methyl/N-ethyl adjacent to an activating group) is 1. The third-order valence-electron chi connectivity index (χ3n) is 12.7. The summed E-state index contributed by atoms with van der Waals surface area (Å²) in [5, 5.41) is 18.0. The molecule has 0 aromatic heterocycles. The molecule has 8 rings (SSSR count). The number of thiocarbonyl (C=S) groups is 1. The predicted octanol–water partition coefficient (Wildman–Crippen LogP) is 8.81.